The van der Waals surface area contributed by atoms with Crippen molar-refractivity contribution in [3.63, 3.8) is 0 Å². The Morgan fingerprint density at radius 2 is 1.89 bits per heavy atom. The van der Waals surface area contributed by atoms with Gasteiger partial charge in [0.1, 0.15) is 6.04 Å². The Labute approximate surface area is 110 Å². The first kappa shape index (κ1) is 13.8. The summed E-state index contributed by atoms with van der Waals surface area (Å²) in [6, 6.07) is 4.78. The van der Waals surface area contributed by atoms with Crippen LogP contribution in [0.25, 0.3) is 0 Å². The van der Waals surface area contributed by atoms with Gasteiger partial charge in [0.05, 0.1) is 11.0 Å². The maximum Gasteiger partial charge on any atom is 0.326 e. The van der Waals surface area contributed by atoms with E-state index in [0.29, 0.717) is 5.69 Å². The number of carbonyl (C=O) groups is 1. The molecule has 0 bridgehead atoms. The van der Waals surface area contributed by atoms with Gasteiger partial charge in [0.15, 0.2) is 0 Å². The lowest BCUT2D eigenvalue weighted by molar-refractivity contribution is -0.138. The number of nitrogens with zero attached hydrogens (tertiary/aromatic N) is 1. The molecular weight excluding hydrogens is 272 g/mol. The monoisotopic (exact) mass is 286 g/mol. The van der Waals surface area contributed by atoms with Gasteiger partial charge in [0, 0.05) is 18.7 Å². The van der Waals surface area contributed by atoms with Crippen molar-refractivity contribution < 1.29 is 23.4 Å². The minimum Gasteiger partial charge on any atom is -0.480 e. The summed E-state index contributed by atoms with van der Waals surface area (Å²) in [7, 11) is -3.77. The molecule has 104 valence electrons. The molecule has 1 aromatic carbocycles. The van der Waals surface area contributed by atoms with E-state index in [1.165, 1.54) is 29.2 Å². The molecule has 19 heavy (non-hydrogen) atoms. The number of rotatable bonds is 3. The fraction of sp³-hybridized carbons (Fsp3) is 0.364. The van der Waals surface area contributed by atoms with Crippen molar-refractivity contribution >= 4 is 21.7 Å². The first-order chi connectivity index (χ1) is 8.79. The third-order valence-corrected chi connectivity index (χ3v) is 3.99. The molecule has 1 aliphatic rings. The van der Waals surface area contributed by atoms with Crippen molar-refractivity contribution in [2.45, 2.75) is 23.5 Å². The van der Waals surface area contributed by atoms with Crippen molar-refractivity contribution in [3.8, 4) is 0 Å². The molecule has 7 nitrogen and oxygen atoms in total. The fourth-order valence-corrected chi connectivity index (χ4v) is 2.68. The van der Waals surface area contributed by atoms with Crippen LogP contribution >= 0.6 is 0 Å². The number of sulfonamides is 1. The quantitative estimate of drug-likeness (QED) is 0.679. The number of β-amino-alcohol motifs (C(OH)–C–C–N with tert-alkyl or cyclic N) is 1. The van der Waals surface area contributed by atoms with Gasteiger partial charge >= 0.3 is 5.97 Å². The van der Waals surface area contributed by atoms with Crippen molar-refractivity contribution in [1.29, 1.82) is 0 Å². The zero-order valence-corrected chi connectivity index (χ0v) is 10.7. The predicted molar refractivity (Wildman–Crippen MR) is 67.2 cm³/mol. The van der Waals surface area contributed by atoms with Crippen LogP contribution in [-0.2, 0) is 14.8 Å². The molecule has 1 aliphatic heterocycles. The molecule has 1 saturated heterocycles. The fourth-order valence-electron chi connectivity index (χ4n) is 2.16. The molecule has 1 fully saturated rings. The number of hydrogen-bond donors (Lipinski definition) is 3. The van der Waals surface area contributed by atoms with Crippen LogP contribution in [0.5, 0.6) is 0 Å². The number of benzene rings is 1. The molecule has 0 saturated carbocycles. The number of hydrogen-bond acceptors (Lipinski definition) is 5. The predicted octanol–water partition coefficient (Wildman–Crippen LogP) is -0.642. The van der Waals surface area contributed by atoms with Crippen LogP contribution in [0, 0.1) is 0 Å². The highest BCUT2D eigenvalue weighted by molar-refractivity contribution is 7.89. The molecule has 0 aliphatic carbocycles. The highest BCUT2D eigenvalue weighted by atomic mass is 32.2. The lowest BCUT2D eigenvalue weighted by atomic mass is 10.2. The number of aliphatic carboxylic acids is 1. The molecule has 2 atom stereocenters. The van der Waals surface area contributed by atoms with E-state index in [0.717, 1.165) is 0 Å². The number of primary sulfonamides is 1. The normalized spacial score (nSPS) is 23.6. The molecule has 2 rings (SSSR count). The second kappa shape index (κ2) is 4.80. The Bertz CT molecular complexity index is 584. The van der Waals surface area contributed by atoms with Crippen LogP contribution in [0.15, 0.2) is 29.2 Å². The van der Waals surface area contributed by atoms with Crippen LogP contribution in [-0.4, -0.2) is 43.3 Å². The van der Waals surface area contributed by atoms with Gasteiger partial charge in [-0.1, -0.05) is 0 Å². The molecule has 1 heterocycles. The molecule has 0 radical (unpaired) electrons. The number of anilines is 1. The van der Waals surface area contributed by atoms with Crippen molar-refractivity contribution in [2.24, 2.45) is 5.14 Å². The van der Waals surface area contributed by atoms with E-state index < -0.39 is 28.1 Å². The molecule has 0 spiro atoms. The average molecular weight is 286 g/mol. The largest absolute Gasteiger partial charge is 0.480 e. The number of carboxylic acid groups (broad SMARTS) is 1. The molecule has 2 unspecified atom stereocenters. The summed E-state index contributed by atoms with van der Waals surface area (Å²) in [5, 5.41) is 23.6. The molecule has 8 heteroatoms. The number of aliphatic hydroxyl groups excluding tert-OH is 1. The Morgan fingerprint density at radius 3 is 2.37 bits per heavy atom. The summed E-state index contributed by atoms with van der Waals surface area (Å²) in [5.74, 6) is -1.02. The maximum absolute atomic E-state index is 11.1. The van der Waals surface area contributed by atoms with E-state index in [9.17, 15) is 18.3 Å². The summed E-state index contributed by atoms with van der Waals surface area (Å²) < 4.78 is 22.2. The van der Waals surface area contributed by atoms with Crippen molar-refractivity contribution in [2.75, 3.05) is 11.4 Å². The van der Waals surface area contributed by atoms with E-state index in [2.05, 4.69) is 0 Å². The van der Waals surface area contributed by atoms with Crippen LogP contribution in [0.2, 0.25) is 0 Å². The minimum atomic E-state index is -3.77. The number of nitrogens with two attached hydrogens (primary N) is 1. The Balaban J connectivity index is 2.29. The Kier molecular flexibility index (Phi) is 3.48. The van der Waals surface area contributed by atoms with Gasteiger partial charge in [0.2, 0.25) is 10.0 Å². The first-order valence-electron chi connectivity index (χ1n) is 5.59. The summed E-state index contributed by atoms with van der Waals surface area (Å²) in [6.45, 7) is 0.200. The van der Waals surface area contributed by atoms with E-state index >= 15 is 0 Å². The third-order valence-electron chi connectivity index (χ3n) is 3.06. The second-order valence-electron chi connectivity index (χ2n) is 4.43. The Hall–Kier alpha value is -1.64. The van der Waals surface area contributed by atoms with Gasteiger partial charge in [-0.2, -0.15) is 0 Å². The van der Waals surface area contributed by atoms with Gasteiger partial charge < -0.3 is 15.1 Å². The standard InChI is InChI=1S/C11H14N2O5S/c12-19(17,18)9-3-1-7(2-4-9)13-6-8(14)5-10(13)11(15)16/h1-4,8,10,14H,5-6H2,(H,15,16)(H2,12,17,18). The zero-order chi connectivity index (χ0) is 14.2. The lowest BCUT2D eigenvalue weighted by Crippen LogP contribution is -2.35. The van der Waals surface area contributed by atoms with Gasteiger partial charge in [-0.25, -0.2) is 18.4 Å². The zero-order valence-electron chi connectivity index (χ0n) is 9.93. The van der Waals surface area contributed by atoms with Crippen molar-refractivity contribution in [1.82, 2.24) is 0 Å². The SMILES string of the molecule is NS(=O)(=O)c1ccc(N2CC(O)CC2C(=O)O)cc1. The summed E-state index contributed by atoms with van der Waals surface area (Å²) >= 11 is 0. The van der Waals surface area contributed by atoms with E-state index in [-0.39, 0.29) is 17.9 Å². The van der Waals surface area contributed by atoms with Crippen LogP contribution in [0.4, 0.5) is 5.69 Å². The lowest BCUT2D eigenvalue weighted by Gasteiger charge is -2.23. The highest BCUT2D eigenvalue weighted by Crippen LogP contribution is 2.26. The first-order valence-corrected chi connectivity index (χ1v) is 7.14. The molecule has 1 aromatic rings. The highest BCUT2D eigenvalue weighted by Gasteiger charge is 2.36. The van der Waals surface area contributed by atoms with Crippen LogP contribution in [0.1, 0.15) is 6.42 Å². The maximum atomic E-state index is 11.1. The summed E-state index contributed by atoms with van der Waals surface area (Å²) in [4.78, 5) is 12.6. The number of aliphatic hydroxyl groups is 1. The van der Waals surface area contributed by atoms with Gasteiger partial charge in [-0.3, -0.25) is 0 Å². The molecular formula is C11H14N2O5S. The van der Waals surface area contributed by atoms with E-state index in [4.69, 9.17) is 10.2 Å². The van der Waals surface area contributed by atoms with Gasteiger partial charge in [0.25, 0.3) is 0 Å². The van der Waals surface area contributed by atoms with E-state index in [1.54, 1.807) is 0 Å². The Morgan fingerprint density at radius 1 is 1.32 bits per heavy atom. The smallest absolute Gasteiger partial charge is 0.326 e. The summed E-state index contributed by atoms with van der Waals surface area (Å²) in [5.41, 5.74) is 0.538. The van der Waals surface area contributed by atoms with E-state index in [1.807, 2.05) is 0 Å². The topological polar surface area (TPSA) is 121 Å². The van der Waals surface area contributed by atoms with Crippen molar-refractivity contribution in [3.05, 3.63) is 24.3 Å². The average Bonchev–Trinajstić information content (AvgIpc) is 2.70. The molecule has 0 aromatic heterocycles. The van der Waals surface area contributed by atoms with Crippen LogP contribution in [0.3, 0.4) is 0 Å². The van der Waals surface area contributed by atoms with Crippen LogP contribution < -0.4 is 10.0 Å². The summed E-state index contributed by atoms with van der Waals surface area (Å²) in [6.07, 6.45) is -0.564. The molecule has 0 amide bonds. The minimum absolute atomic E-state index is 0.0390. The van der Waals surface area contributed by atoms with Gasteiger partial charge in [-0.05, 0) is 24.3 Å². The third kappa shape index (κ3) is 2.86. The van der Waals surface area contributed by atoms with Gasteiger partial charge in [-0.15, -0.1) is 0 Å². The second-order valence-corrected chi connectivity index (χ2v) is 6.00. The molecule has 4 N–H and O–H groups in total. The number of carboxylic acids is 1.